The molecule has 0 radical (unpaired) electrons. The summed E-state index contributed by atoms with van der Waals surface area (Å²) in [6.45, 7) is 3.13. The van der Waals surface area contributed by atoms with Crippen molar-refractivity contribution in [1.29, 1.82) is 0 Å². The molecule has 0 fully saturated rings. The fourth-order valence-corrected chi connectivity index (χ4v) is 5.35. The molecule has 2 bridgehead atoms. The average molecular weight is 522 g/mol. The molecule has 7 rings (SSSR count). The predicted octanol–water partition coefficient (Wildman–Crippen LogP) is 6.20. The second-order valence-corrected chi connectivity index (χ2v) is 9.70. The number of halogens is 2. The lowest BCUT2D eigenvalue weighted by Crippen LogP contribution is -2.29. The monoisotopic (exact) mass is 520 g/mol. The summed E-state index contributed by atoms with van der Waals surface area (Å²) in [5.41, 5.74) is 9.18. The van der Waals surface area contributed by atoms with Gasteiger partial charge in [-0.25, -0.2) is 9.97 Å². The van der Waals surface area contributed by atoms with Gasteiger partial charge in [0.05, 0.1) is 35.5 Å². The summed E-state index contributed by atoms with van der Waals surface area (Å²) < 4.78 is 2.22. The number of benzene rings is 3. The number of fused-ring (bicyclic) bond motifs is 1. The molecule has 6 heteroatoms. The van der Waals surface area contributed by atoms with Crippen molar-refractivity contribution in [3.8, 4) is 0 Å². The van der Waals surface area contributed by atoms with Crippen molar-refractivity contribution in [2.75, 3.05) is 9.80 Å². The second kappa shape index (κ2) is 7.06. The first-order valence-electron chi connectivity index (χ1n) is 9.95. The molecule has 3 aromatic carbocycles. The third-order valence-electron chi connectivity index (χ3n) is 5.89. The fraction of sp³-hybridized carbons (Fsp3) is 0.167. The lowest BCUT2D eigenvalue weighted by atomic mass is 10.0. The first-order chi connectivity index (χ1) is 14.6. The van der Waals surface area contributed by atoms with Crippen LogP contribution in [0, 0.1) is 0 Å². The van der Waals surface area contributed by atoms with Crippen LogP contribution in [-0.2, 0) is 26.2 Å². The Hall–Kier alpha value is -2.44. The summed E-state index contributed by atoms with van der Waals surface area (Å²) >= 11 is 7.33. The van der Waals surface area contributed by atoms with Gasteiger partial charge in [-0.2, -0.15) is 0 Å². The molecule has 0 saturated carbocycles. The molecule has 3 aliphatic heterocycles. The Balaban J connectivity index is 1.61. The first kappa shape index (κ1) is 18.3. The van der Waals surface area contributed by atoms with Crippen molar-refractivity contribution in [2.24, 2.45) is 0 Å². The highest BCUT2D eigenvalue weighted by Gasteiger charge is 2.27. The Kier molecular flexibility index (Phi) is 4.32. The van der Waals surface area contributed by atoms with E-state index in [1.165, 1.54) is 22.5 Å². The smallest absolute Gasteiger partial charge is 0.0891 e. The summed E-state index contributed by atoms with van der Waals surface area (Å²) in [6, 6.07) is 21.3. The van der Waals surface area contributed by atoms with Gasteiger partial charge < -0.3 is 9.80 Å². The second-order valence-electron chi connectivity index (χ2n) is 7.86. The van der Waals surface area contributed by atoms with E-state index in [4.69, 9.17) is 9.97 Å². The maximum Gasteiger partial charge on any atom is 0.0891 e. The van der Waals surface area contributed by atoms with Crippen LogP contribution < -0.4 is 9.80 Å². The van der Waals surface area contributed by atoms with Crippen molar-refractivity contribution in [3.05, 3.63) is 92.1 Å². The number of hydrogen-bond donors (Lipinski definition) is 0. The van der Waals surface area contributed by atoms with Gasteiger partial charge in [0.2, 0.25) is 0 Å². The molecule has 3 aliphatic rings. The van der Waals surface area contributed by atoms with Gasteiger partial charge in [-0.15, -0.1) is 0 Å². The molecular formula is C24H18Br2N4. The summed E-state index contributed by atoms with van der Waals surface area (Å²) in [5, 5.41) is 0. The summed E-state index contributed by atoms with van der Waals surface area (Å²) in [5.74, 6) is 0. The minimum Gasteiger partial charge on any atom is -0.361 e. The Morgan fingerprint density at radius 1 is 0.600 bits per heavy atom. The van der Waals surface area contributed by atoms with Crippen LogP contribution in [0.25, 0.3) is 11.0 Å². The van der Waals surface area contributed by atoms with E-state index < -0.39 is 0 Å². The maximum atomic E-state index is 5.04. The highest BCUT2D eigenvalue weighted by Crippen LogP contribution is 2.38. The number of anilines is 2. The number of nitrogens with zero attached hydrogens (tertiary/aromatic N) is 4. The standard InChI is InChI=1S/C24H18Br2N4/c25-17-5-7-23-16(10-17)12-30-14-22-21(27-19-3-1-2-4-20(19)28-22)13-29(23)11-15-9-18(26)6-8-24(15)30/h1-10H,11-14H2. The van der Waals surface area contributed by atoms with E-state index in [0.29, 0.717) is 0 Å². The molecule has 4 heterocycles. The van der Waals surface area contributed by atoms with Crippen LogP contribution >= 0.6 is 31.9 Å². The third-order valence-corrected chi connectivity index (χ3v) is 6.88. The Labute approximate surface area is 191 Å². The molecule has 0 aliphatic carbocycles. The predicted molar refractivity (Wildman–Crippen MR) is 128 cm³/mol. The van der Waals surface area contributed by atoms with Crippen molar-refractivity contribution in [1.82, 2.24) is 9.97 Å². The quantitative estimate of drug-likeness (QED) is 0.276. The van der Waals surface area contributed by atoms with Crippen LogP contribution in [0.2, 0.25) is 0 Å². The highest BCUT2D eigenvalue weighted by atomic mass is 79.9. The molecule has 0 unspecified atom stereocenters. The van der Waals surface area contributed by atoms with Crippen LogP contribution in [0.1, 0.15) is 22.5 Å². The minimum absolute atomic E-state index is 0.738. The summed E-state index contributed by atoms with van der Waals surface area (Å²) in [6.07, 6.45) is 0. The normalized spacial score (nSPS) is 15.0. The van der Waals surface area contributed by atoms with Gasteiger partial charge in [0, 0.05) is 33.4 Å². The van der Waals surface area contributed by atoms with Crippen molar-refractivity contribution in [3.63, 3.8) is 0 Å². The van der Waals surface area contributed by atoms with Crippen LogP contribution in [0.3, 0.4) is 0 Å². The summed E-state index contributed by atoms with van der Waals surface area (Å²) in [4.78, 5) is 15.0. The first-order valence-corrected chi connectivity index (χ1v) is 11.5. The zero-order valence-corrected chi connectivity index (χ0v) is 19.3. The van der Waals surface area contributed by atoms with Gasteiger partial charge in [-0.05, 0) is 59.7 Å². The SMILES string of the molecule is Brc1ccc2c(c1)CN1Cc3nc4ccccc4nc3CN2Cc2cc(Br)ccc21. The van der Waals surface area contributed by atoms with E-state index >= 15 is 0 Å². The number of rotatable bonds is 0. The van der Waals surface area contributed by atoms with E-state index in [2.05, 4.69) is 78.1 Å². The molecule has 0 N–H and O–H groups in total. The highest BCUT2D eigenvalue weighted by molar-refractivity contribution is 9.10. The van der Waals surface area contributed by atoms with Gasteiger partial charge in [-0.1, -0.05) is 44.0 Å². The van der Waals surface area contributed by atoms with Gasteiger partial charge in [-0.3, -0.25) is 0 Å². The van der Waals surface area contributed by atoms with Gasteiger partial charge in [0.25, 0.3) is 0 Å². The molecule has 0 atom stereocenters. The van der Waals surface area contributed by atoms with Gasteiger partial charge >= 0.3 is 0 Å². The van der Waals surface area contributed by atoms with Crippen molar-refractivity contribution < 1.29 is 0 Å². The van der Waals surface area contributed by atoms with Crippen LogP contribution in [0.4, 0.5) is 11.4 Å². The zero-order valence-electron chi connectivity index (χ0n) is 16.1. The van der Waals surface area contributed by atoms with E-state index in [-0.39, 0.29) is 0 Å². The molecular weight excluding hydrogens is 504 g/mol. The number of aromatic nitrogens is 2. The molecule has 148 valence electrons. The fourth-order valence-electron chi connectivity index (χ4n) is 4.53. The van der Waals surface area contributed by atoms with Crippen LogP contribution in [0.5, 0.6) is 0 Å². The average Bonchev–Trinajstić information content (AvgIpc) is 2.82. The van der Waals surface area contributed by atoms with E-state index in [1.807, 2.05) is 24.3 Å². The maximum absolute atomic E-state index is 5.04. The van der Waals surface area contributed by atoms with Gasteiger partial charge in [0.15, 0.2) is 0 Å². The molecule has 30 heavy (non-hydrogen) atoms. The topological polar surface area (TPSA) is 32.3 Å². The van der Waals surface area contributed by atoms with Crippen LogP contribution in [0.15, 0.2) is 69.6 Å². The molecule has 4 nitrogen and oxygen atoms in total. The van der Waals surface area contributed by atoms with Crippen molar-refractivity contribution in [2.45, 2.75) is 26.2 Å². The molecule has 0 spiro atoms. The molecule has 0 saturated heterocycles. The van der Waals surface area contributed by atoms with E-state index in [9.17, 15) is 0 Å². The molecule has 1 aromatic heterocycles. The van der Waals surface area contributed by atoms with Gasteiger partial charge in [0.1, 0.15) is 0 Å². The van der Waals surface area contributed by atoms with Crippen molar-refractivity contribution >= 4 is 54.3 Å². The third kappa shape index (κ3) is 3.10. The Morgan fingerprint density at radius 3 is 1.53 bits per heavy atom. The zero-order chi connectivity index (χ0) is 20.2. The molecule has 0 amide bonds. The largest absolute Gasteiger partial charge is 0.361 e. The Bertz CT molecular complexity index is 1200. The number of para-hydroxylation sites is 2. The Morgan fingerprint density at radius 2 is 1.07 bits per heavy atom. The minimum atomic E-state index is 0.738. The van der Waals surface area contributed by atoms with E-state index in [0.717, 1.165) is 57.5 Å². The van der Waals surface area contributed by atoms with Crippen LogP contribution in [-0.4, -0.2) is 9.97 Å². The lowest BCUT2D eigenvalue weighted by Gasteiger charge is -2.33. The van der Waals surface area contributed by atoms with E-state index in [1.54, 1.807) is 0 Å². The lowest BCUT2D eigenvalue weighted by molar-refractivity contribution is 0.758. The molecule has 4 aromatic rings. The summed E-state index contributed by atoms with van der Waals surface area (Å²) in [7, 11) is 0. The number of hydrogen-bond acceptors (Lipinski definition) is 4.